The Hall–Kier alpha value is -2.10. The van der Waals surface area contributed by atoms with Gasteiger partial charge in [0.25, 0.3) is 0 Å². The van der Waals surface area contributed by atoms with Crippen LogP contribution in [0.2, 0.25) is 0 Å². The van der Waals surface area contributed by atoms with Crippen molar-refractivity contribution in [3.63, 3.8) is 0 Å². The van der Waals surface area contributed by atoms with E-state index in [1.165, 1.54) is 5.56 Å². The fourth-order valence-electron chi connectivity index (χ4n) is 2.66. The number of nitrogens with zero attached hydrogens (tertiary/aromatic N) is 3. The van der Waals surface area contributed by atoms with Crippen molar-refractivity contribution in [2.75, 3.05) is 11.4 Å². The number of aryl methyl sites for hydroxylation is 2. The number of anilines is 1. The van der Waals surface area contributed by atoms with E-state index in [0.29, 0.717) is 13.0 Å². The topological polar surface area (TPSA) is 38.1 Å². The molecule has 0 fully saturated rings. The number of carbonyl (C=O) groups excluding carboxylic acids is 1. The number of benzene rings is 1. The van der Waals surface area contributed by atoms with E-state index in [2.05, 4.69) is 12.0 Å². The second-order valence-corrected chi connectivity index (χ2v) is 5.25. The van der Waals surface area contributed by atoms with Gasteiger partial charge in [-0.05, 0) is 44.9 Å². The Labute approximate surface area is 126 Å². The zero-order valence-electron chi connectivity index (χ0n) is 13.3. The van der Waals surface area contributed by atoms with Gasteiger partial charge in [-0.1, -0.05) is 18.2 Å². The van der Waals surface area contributed by atoms with Crippen LogP contribution in [0.25, 0.3) is 0 Å². The minimum absolute atomic E-state index is 0.159. The Morgan fingerprint density at radius 3 is 2.43 bits per heavy atom. The van der Waals surface area contributed by atoms with Gasteiger partial charge in [-0.3, -0.25) is 9.48 Å². The molecule has 112 valence electrons. The number of hydrogen-bond acceptors (Lipinski definition) is 2. The second kappa shape index (κ2) is 6.57. The third-order valence-corrected chi connectivity index (χ3v) is 3.93. The second-order valence-electron chi connectivity index (χ2n) is 5.25. The predicted octanol–water partition coefficient (Wildman–Crippen LogP) is 3.02. The zero-order chi connectivity index (χ0) is 15.4. The first-order chi connectivity index (χ1) is 10.0. The molecule has 1 amide bonds. The molecule has 0 aliphatic heterocycles. The molecule has 0 saturated carbocycles. The SMILES string of the molecule is CCN(C(=O)CCc1c(C)nn(C)c1C)c1ccccc1. The first-order valence-corrected chi connectivity index (χ1v) is 7.39. The van der Waals surface area contributed by atoms with Crippen molar-refractivity contribution >= 4 is 11.6 Å². The first-order valence-electron chi connectivity index (χ1n) is 7.39. The Bertz CT molecular complexity index is 616. The molecule has 4 nitrogen and oxygen atoms in total. The highest BCUT2D eigenvalue weighted by atomic mass is 16.2. The van der Waals surface area contributed by atoms with Gasteiger partial charge in [0.1, 0.15) is 0 Å². The molecule has 2 rings (SSSR count). The van der Waals surface area contributed by atoms with E-state index >= 15 is 0 Å². The lowest BCUT2D eigenvalue weighted by Crippen LogP contribution is -2.30. The summed E-state index contributed by atoms with van der Waals surface area (Å²) >= 11 is 0. The maximum absolute atomic E-state index is 12.5. The molecule has 0 radical (unpaired) electrons. The summed E-state index contributed by atoms with van der Waals surface area (Å²) in [5.74, 6) is 0.159. The van der Waals surface area contributed by atoms with Gasteiger partial charge in [0.05, 0.1) is 5.69 Å². The molecule has 0 atom stereocenters. The lowest BCUT2D eigenvalue weighted by atomic mass is 10.1. The van der Waals surface area contributed by atoms with Crippen LogP contribution < -0.4 is 4.90 Å². The van der Waals surface area contributed by atoms with Gasteiger partial charge in [0, 0.05) is 31.4 Å². The number of rotatable bonds is 5. The Balaban J connectivity index is 2.07. The number of hydrogen-bond donors (Lipinski definition) is 0. The smallest absolute Gasteiger partial charge is 0.227 e. The van der Waals surface area contributed by atoms with E-state index in [4.69, 9.17) is 0 Å². The van der Waals surface area contributed by atoms with E-state index in [1.807, 2.05) is 60.8 Å². The summed E-state index contributed by atoms with van der Waals surface area (Å²) in [5.41, 5.74) is 4.31. The molecule has 1 aromatic heterocycles. The molecule has 0 unspecified atom stereocenters. The van der Waals surface area contributed by atoms with Gasteiger partial charge >= 0.3 is 0 Å². The molecule has 1 heterocycles. The van der Waals surface area contributed by atoms with Crippen molar-refractivity contribution in [3.8, 4) is 0 Å². The van der Waals surface area contributed by atoms with Crippen LogP contribution in [0, 0.1) is 13.8 Å². The fraction of sp³-hybridized carbons (Fsp3) is 0.412. The van der Waals surface area contributed by atoms with Crippen LogP contribution in [0.3, 0.4) is 0 Å². The average Bonchev–Trinajstić information content (AvgIpc) is 2.72. The van der Waals surface area contributed by atoms with Crippen LogP contribution in [0.1, 0.15) is 30.3 Å². The van der Waals surface area contributed by atoms with E-state index < -0.39 is 0 Å². The average molecular weight is 285 g/mol. The quantitative estimate of drug-likeness (QED) is 0.847. The van der Waals surface area contributed by atoms with Gasteiger partial charge in [0.2, 0.25) is 5.91 Å². The molecule has 2 aromatic rings. The number of carbonyl (C=O) groups is 1. The summed E-state index contributed by atoms with van der Waals surface area (Å²) in [5, 5.41) is 4.40. The van der Waals surface area contributed by atoms with E-state index in [0.717, 1.165) is 23.5 Å². The largest absolute Gasteiger partial charge is 0.313 e. The molecule has 1 aromatic carbocycles. The molecule has 0 spiro atoms. The van der Waals surface area contributed by atoms with Crippen molar-refractivity contribution < 1.29 is 4.79 Å². The van der Waals surface area contributed by atoms with Gasteiger partial charge in [-0.15, -0.1) is 0 Å². The minimum Gasteiger partial charge on any atom is -0.313 e. The predicted molar refractivity (Wildman–Crippen MR) is 85.5 cm³/mol. The molecule has 4 heteroatoms. The molecule has 0 N–H and O–H groups in total. The summed E-state index contributed by atoms with van der Waals surface area (Å²) in [4.78, 5) is 14.3. The Kier molecular flexibility index (Phi) is 4.78. The van der Waals surface area contributed by atoms with Crippen molar-refractivity contribution in [2.45, 2.75) is 33.6 Å². The highest BCUT2D eigenvalue weighted by molar-refractivity contribution is 5.93. The van der Waals surface area contributed by atoms with Crippen LogP contribution in [0.5, 0.6) is 0 Å². The number of amides is 1. The number of para-hydroxylation sites is 1. The molecule has 0 bridgehead atoms. The van der Waals surface area contributed by atoms with E-state index in [9.17, 15) is 4.79 Å². The Morgan fingerprint density at radius 1 is 1.24 bits per heavy atom. The lowest BCUT2D eigenvalue weighted by Gasteiger charge is -2.21. The summed E-state index contributed by atoms with van der Waals surface area (Å²) in [7, 11) is 1.94. The van der Waals surface area contributed by atoms with Crippen LogP contribution in [-0.2, 0) is 18.3 Å². The fourth-order valence-corrected chi connectivity index (χ4v) is 2.66. The summed E-state index contributed by atoms with van der Waals surface area (Å²) in [6.07, 6.45) is 1.25. The highest BCUT2D eigenvalue weighted by Gasteiger charge is 2.16. The van der Waals surface area contributed by atoms with Crippen molar-refractivity contribution in [1.82, 2.24) is 9.78 Å². The number of aromatic nitrogens is 2. The van der Waals surface area contributed by atoms with Gasteiger partial charge in [-0.25, -0.2) is 0 Å². The van der Waals surface area contributed by atoms with Gasteiger partial charge in [0.15, 0.2) is 0 Å². The summed E-state index contributed by atoms with van der Waals surface area (Å²) in [6, 6.07) is 9.83. The molecular weight excluding hydrogens is 262 g/mol. The van der Waals surface area contributed by atoms with Crippen LogP contribution in [0.4, 0.5) is 5.69 Å². The van der Waals surface area contributed by atoms with E-state index in [1.54, 1.807) is 0 Å². The minimum atomic E-state index is 0.159. The molecule has 21 heavy (non-hydrogen) atoms. The van der Waals surface area contributed by atoms with Crippen molar-refractivity contribution in [2.24, 2.45) is 7.05 Å². The van der Waals surface area contributed by atoms with Crippen molar-refractivity contribution in [3.05, 3.63) is 47.3 Å². The maximum Gasteiger partial charge on any atom is 0.227 e. The molecule has 0 aliphatic carbocycles. The molecule has 0 saturated heterocycles. The zero-order valence-corrected chi connectivity index (χ0v) is 13.3. The summed E-state index contributed by atoms with van der Waals surface area (Å²) in [6.45, 7) is 6.75. The van der Waals surface area contributed by atoms with Crippen LogP contribution in [-0.4, -0.2) is 22.2 Å². The molecule has 0 aliphatic rings. The molecular formula is C17H23N3O. The van der Waals surface area contributed by atoms with Gasteiger partial charge < -0.3 is 4.90 Å². The van der Waals surface area contributed by atoms with Gasteiger partial charge in [-0.2, -0.15) is 5.10 Å². The monoisotopic (exact) mass is 285 g/mol. The van der Waals surface area contributed by atoms with Crippen LogP contribution in [0.15, 0.2) is 30.3 Å². The first kappa shape index (κ1) is 15.3. The standard InChI is InChI=1S/C17H23N3O/c1-5-20(15-9-7-6-8-10-15)17(21)12-11-16-13(2)18-19(4)14(16)3/h6-10H,5,11-12H2,1-4H3. The third kappa shape index (κ3) is 3.32. The van der Waals surface area contributed by atoms with Crippen LogP contribution >= 0.6 is 0 Å². The normalized spacial score (nSPS) is 10.7. The third-order valence-electron chi connectivity index (χ3n) is 3.93. The highest BCUT2D eigenvalue weighted by Crippen LogP contribution is 2.18. The van der Waals surface area contributed by atoms with E-state index in [-0.39, 0.29) is 5.91 Å². The summed E-state index contributed by atoms with van der Waals surface area (Å²) < 4.78 is 1.88. The maximum atomic E-state index is 12.5. The van der Waals surface area contributed by atoms with Crippen molar-refractivity contribution in [1.29, 1.82) is 0 Å². The lowest BCUT2D eigenvalue weighted by molar-refractivity contribution is -0.118. The Morgan fingerprint density at radius 2 is 1.90 bits per heavy atom.